The predicted molar refractivity (Wildman–Crippen MR) is 45.6 cm³/mol. The van der Waals surface area contributed by atoms with E-state index in [4.69, 9.17) is 0 Å². The van der Waals surface area contributed by atoms with Crippen molar-refractivity contribution in [1.82, 2.24) is 5.32 Å². The summed E-state index contributed by atoms with van der Waals surface area (Å²) < 4.78 is 0. The fraction of sp³-hybridized carbons (Fsp3) is 0.857. The molecule has 64 valence electrons. The van der Waals surface area contributed by atoms with E-state index in [1.807, 2.05) is 0 Å². The van der Waals surface area contributed by atoms with Crippen LogP contribution in [-0.2, 0) is 4.79 Å². The molecule has 1 heterocycles. The maximum absolute atomic E-state index is 11.0. The molecule has 11 heavy (non-hydrogen) atoms. The molecule has 1 aliphatic rings. The minimum absolute atomic E-state index is 0.0564. The van der Waals surface area contributed by atoms with Crippen molar-refractivity contribution >= 4 is 17.7 Å². The molecule has 0 radical (unpaired) electrons. The normalized spacial score (nSPS) is 28.9. The van der Waals surface area contributed by atoms with Crippen molar-refractivity contribution in [2.75, 3.05) is 12.3 Å². The Morgan fingerprint density at radius 2 is 2.55 bits per heavy atom. The van der Waals surface area contributed by atoms with E-state index < -0.39 is 0 Å². The SMILES string of the molecule is C[C@H](O)[C@H]1CC(=O)NCCS1. The van der Waals surface area contributed by atoms with Crippen LogP contribution < -0.4 is 5.32 Å². The average Bonchev–Trinajstić information content (AvgIpc) is 2.13. The fourth-order valence-corrected chi connectivity index (χ4v) is 2.09. The van der Waals surface area contributed by atoms with E-state index in [-0.39, 0.29) is 17.3 Å². The molecule has 3 nitrogen and oxygen atoms in total. The van der Waals surface area contributed by atoms with E-state index >= 15 is 0 Å². The zero-order chi connectivity index (χ0) is 8.27. The minimum atomic E-state index is -0.385. The van der Waals surface area contributed by atoms with Gasteiger partial charge in [-0.1, -0.05) is 0 Å². The van der Waals surface area contributed by atoms with Crippen LogP contribution in [0.4, 0.5) is 0 Å². The molecule has 0 aromatic heterocycles. The van der Waals surface area contributed by atoms with Gasteiger partial charge in [0.2, 0.25) is 5.91 Å². The number of rotatable bonds is 1. The summed E-state index contributed by atoms with van der Waals surface area (Å²) in [5.41, 5.74) is 0. The predicted octanol–water partition coefficient (Wildman–Crippen LogP) is -0.0111. The number of thioether (sulfide) groups is 1. The summed E-state index contributed by atoms with van der Waals surface area (Å²) in [7, 11) is 0. The van der Waals surface area contributed by atoms with Crippen LogP contribution in [0.5, 0.6) is 0 Å². The number of carbonyl (C=O) groups is 1. The van der Waals surface area contributed by atoms with Crippen LogP contribution in [0.1, 0.15) is 13.3 Å². The summed E-state index contributed by atoms with van der Waals surface area (Å²) in [5.74, 6) is 0.960. The number of carbonyl (C=O) groups excluding carboxylic acids is 1. The van der Waals surface area contributed by atoms with Gasteiger partial charge in [-0.3, -0.25) is 4.79 Å². The first-order valence-electron chi connectivity index (χ1n) is 3.76. The number of aliphatic hydroxyl groups excluding tert-OH is 1. The lowest BCUT2D eigenvalue weighted by molar-refractivity contribution is -0.121. The highest BCUT2D eigenvalue weighted by atomic mass is 32.2. The van der Waals surface area contributed by atoms with Gasteiger partial charge in [0, 0.05) is 24.0 Å². The minimum Gasteiger partial charge on any atom is -0.392 e. The van der Waals surface area contributed by atoms with Crippen LogP contribution in [0, 0.1) is 0 Å². The average molecular weight is 175 g/mol. The fourth-order valence-electron chi connectivity index (χ4n) is 1.02. The van der Waals surface area contributed by atoms with Crippen molar-refractivity contribution in [3.63, 3.8) is 0 Å². The first-order valence-corrected chi connectivity index (χ1v) is 4.81. The van der Waals surface area contributed by atoms with Crippen molar-refractivity contribution in [3.8, 4) is 0 Å². The Morgan fingerprint density at radius 3 is 3.18 bits per heavy atom. The van der Waals surface area contributed by atoms with Gasteiger partial charge in [-0.05, 0) is 6.92 Å². The topological polar surface area (TPSA) is 49.3 Å². The maximum atomic E-state index is 11.0. The molecule has 0 unspecified atom stereocenters. The third kappa shape index (κ3) is 2.71. The van der Waals surface area contributed by atoms with E-state index in [1.165, 1.54) is 0 Å². The molecule has 0 spiro atoms. The van der Waals surface area contributed by atoms with Gasteiger partial charge in [-0.15, -0.1) is 0 Å². The molecule has 0 bridgehead atoms. The standard InChI is InChI=1S/C7H13NO2S/c1-5(9)6-4-7(10)8-2-3-11-6/h5-6,9H,2-4H2,1H3,(H,8,10)/t5-,6+/m0/s1. The van der Waals surface area contributed by atoms with E-state index in [0.29, 0.717) is 6.42 Å². The van der Waals surface area contributed by atoms with E-state index in [0.717, 1.165) is 12.3 Å². The summed E-state index contributed by atoms with van der Waals surface area (Å²) in [5, 5.41) is 12.1. The van der Waals surface area contributed by atoms with Gasteiger partial charge in [0.25, 0.3) is 0 Å². The summed E-state index contributed by atoms with van der Waals surface area (Å²) in [6.07, 6.45) is 0.0614. The number of hydrogen-bond acceptors (Lipinski definition) is 3. The maximum Gasteiger partial charge on any atom is 0.221 e. The molecule has 1 saturated heterocycles. The molecule has 0 aromatic carbocycles. The second-order valence-electron chi connectivity index (χ2n) is 2.70. The third-order valence-electron chi connectivity index (χ3n) is 1.68. The lowest BCUT2D eigenvalue weighted by atomic mass is 10.2. The largest absolute Gasteiger partial charge is 0.392 e. The van der Waals surface area contributed by atoms with Crippen LogP contribution in [0.15, 0.2) is 0 Å². The lowest BCUT2D eigenvalue weighted by Crippen LogP contribution is -2.27. The second kappa shape index (κ2) is 3.97. The molecule has 1 fully saturated rings. The van der Waals surface area contributed by atoms with Gasteiger partial charge in [0.05, 0.1) is 6.10 Å². The number of nitrogens with one attached hydrogen (secondary N) is 1. The number of hydrogen-bond donors (Lipinski definition) is 2. The summed E-state index contributed by atoms with van der Waals surface area (Å²) in [6.45, 7) is 2.46. The van der Waals surface area contributed by atoms with Gasteiger partial charge < -0.3 is 10.4 Å². The number of aliphatic hydroxyl groups is 1. The van der Waals surface area contributed by atoms with E-state index in [9.17, 15) is 9.90 Å². The lowest BCUT2D eigenvalue weighted by Gasteiger charge is -2.14. The van der Waals surface area contributed by atoms with Crippen molar-refractivity contribution < 1.29 is 9.90 Å². The smallest absolute Gasteiger partial charge is 0.221 e. The highest BCUT2D eigenvalue weighted by molar-refractivity contribution is 8.00. The van der Waals surface area contributed by atoms with Gasteiger partial charge in [0.15, 0.2) is 0 Å². The summed E-state index contributed by atoms with van der Waals surface area (Å²) >= 11 is 1.66. The molecule has 4 heteroatoms. The van der Waals surface area contributed by atoms with Crippen molar-refractivity contribution in [1.29, 1.82) is 0 Å². The summed E-state index contributed by atoms with van der Waals surface area (Å²) in [6, 6.07) is 0. The molecule has 0 aromatic rings. The van der Waals surface area contributed by atoms with Gasteiger partial charge in [-0.25, -0.2) is 0 Å². The number of amides is 1. The Hall–Kier alpha value is -0.220. The van der Waals surface area contributed by atoms with Crippen molar-refractivity contribution in [3.05, 3.63) is 0 Å². The molecule has 1 rings (SSSR count). The zero-order valence-electron chi connectivity index (χ0n) is 6.54. The first-order chi connectivity index (χ1) is 5.20. The highest BCUT2D eigenvalue weighted by Gasteiger charge is 2.21. The van der Waals surface area contributed by atoms with Crippen molar-refractivity contribution in [2.45, 2.75) is 24.7 Å². The van der Waals surface area contributed by atoms with Crippen LogP contribution in [-0.4, -0.2) is 34.7 Å². The van der Waals surface area contributed by atoms with Gasteiger partial charge in [-0.2, -0.15) is 11.8 Å². The Morgan fingerprint density at radius 1 is 1.82 bits per heavy atom. The van der Waals surface area contributed by atoms with Crippen LogP contribution in [0.3, 0.4) is 0 Å². The van der Waals surface area contributed by atoms with Crippen LogP contribution >= 0.6 is 11.8 Å². The molecule has 1 amide bonds. The van der Waals surface area contributed by atoms with Crippen LogP contribution in [0.25, 0.3) is 0 Å². The van der Waals surface area contributed by atoms with E-state index in [2.05, 4.69) is 5.32 Å². The van der Waals surface area contributed by atoms with E-state index in [1.54, 1.807) is 18.7 Å². The summed E-state index contributed by atoms with van der Waals surface area (Å²) in [4.78, 5) is 11.0. The molecular formula is C7H13NO2S. The molecule has 2 N–H and O–H groups in total. The Labute approximate surface area is 70.6 Å². The Bertz CT molecular complexity index is 149. The molecule has 2 atom stereocenters. The second-order valence-corrected chi connectivity index (χ2v) is 4.05. The molecule has 1 aliphatic heterocycles. The van der Waals surface area contributed by atoms with Crippen molar-refractivity contribution in [2.24, 2.45) is 0 Å². The molecule has 0 aliphatic carbocycles. The zero-order valence-corrected chi connectivity index (χ0v) is 7.36. The molecule has 0 saturated carbocycles. The third-order valence-corrected chi connectivity index (χ3v) is 3.11. The van der Waals surface area contributed by atoms with Crippen LogP contribution in [0.2, 0.25) is 0 Å². The Balaban J connectivity index is 2.45. The quantitative estimate of drug-likeness (QED) is 0.589. The molecular weight excluding hydrogens is 162 g/mol. The Kier molecular flexibility index (Phi) is 3.20. The first kappa shape index (κ1) is 8.87. The van der Waals surface area contributed by atoms with Gasteiger partial charge in [0.1, 0.15) is 0 Å². The monoisotopic (exact) mass is 175 g/mol. The van der Waals surface area contributed by atoms with Gasteiger partial charge >= 0.3 is 0 Å². The highest BCUT2D eigenvalue weighted by Crippen LogP contribution is 2.19.